The molecule has 1 N–H and O–H groups in total. The number of hydrogen-bond donors (Lipinski definition) is 1. The van der Waals surface area contributed by atoms with Crippen LogP contribution in [0.3, 0.4) is 0 Å². The zero-order valence-corrected chi connectivity index (χ0v) is 16.3. The van der Waals surface area contributed by atoms with E-state index in [1.54, 1.807) is 24.3 Å². The van der Waals surface area contributed by atoms with Crippen molar-refractivity contribution in [3.63, 3.8) is 0 Å². The topological polar surface area (TPSA) is 63.1 Å². The Morgan fingerprint density at radius 1 is 1.00 bits per heavy atom. The van der Waals surface area contributed by atoms with Crippen molar-refractivity contribution in [1.82, 2.24) is 19.7 Å². The number of likely N-dealkylation sites (tertiary alicyclic amines) is 1. The van der Waals surface area contributed by atoms with Gasteiger partial charge in [-0.2, -0.15) is 0 Å². The minimum absolute atomic E-state index is 0.218. The number of halogens is 2. The van der Waals surface area contributed by atoms with Gasteiger partial charge in [0.05, 0.1) is 0 Å². The fourth-order valence-corrected chi connectivity index (χ4v) is 4.56. The highest BCUT2D eigenvalue weighted by Crippen LogP contribution is 2.33. The molecule has 0 aliphatic carbocycles. The Morgan fingerprint density at radius 3 is 2.57 bits per heavy atom. The molecule has 1 fully saturated rings. The van der Waals surface area contributed by atoms with E-state index >= 15 is 0 Å². The normalized spacial score (nSPS) is 20.6. The van der Waals surface area contributed by atoms with E-state index in [1.807, 2.05) is 10.6 Å². The zero-order valence-electron chi connectivity index (χ0n) is 16.3. The Labute approximate surface area is 172 Å². The first kappa shape index (κ1) is 18.9. The van der Waals surface area contributed by atoms with Crippen molar-refractivity contribution in [1.29, 1.82) is 0 Å². The first-order chi connectivity index (χ1) is 14.5. The maximum atomic E-state index is 13.5. The number of carbonyl (C=O) groups excluding carboxylic acids is 1. The minimum Gasteiger partial charge on any atom is -0.319 e. The van der Waals surface area contributed by atoms with Crippen LogP contribution >= 0.6 is 0 Å². The monoisotopic (exact) mass is 409 g/mol. The van der Waals surface area contributed by atoms with E-state index in [1.165, 1.54) is 18.2 Å². The lowest BCUT2D eigenvalue weighted by Crippen LogP contribution is -2.31. The molecule has 2 aliphatic heterocycles. The van der Waals surface area contributed by atoms with Gasteiger partial charge in [0.1, 0.15) is 17.5 Å². The molecule has 30 heavy (non-hydrogen) atoms. The molecule has 0 radical (unpaired) electrons. The van der Waals surface area contributed by atoms with Crippen LogP contribution in [0.25, 0.3) is 0 Å². The van der Waals surface area contributed by atoms with Crippen LogP contribution in [-0.4, -0.2) is 38.7 Å². The number of aromatic nitrogens is 3. The Bertz CT molecular complexity index is 1100. The predicted molar refractivity (Wildman–Crippen MR) is 107 cm³/mol. The summed E-state index contributed by atoms with van der Waals surface area (Å²) in [6.45, 7) is 3.17. The molecule has 2 atom stereocenters. The van der Waals surface area contributed by atoms with Crippen LogP contribution in [0.2, 0.25) is 0 Å². The second-order valence-electron chi connectivity index (χ2n) is 8.06. The van der Waals surface area contributed by atoms with Crippen molar-refractivity contribution in [3.05, 3.63) is 77.4 Å². The summed E-state index contributed by atoms with van der Waals surface area (Å²) >= 11 is 0. The summed E-state index contributed by atoms with van der Waals surface area (Å²) in [6, 6.07) is 12.5. The number of rotatable bonds is 4. The van der Waals surface area contributed by atoms with Crippen molar-refractivity contribution < 1.29 is 13.6 Å². The van der Waals surface area contributed by atoms with E-state index in [4.69, 9.17) is 0 Å². The summed E-state index contributed by atoms with van der Waals surface area (Å²) in [6.07, 6.45) is 0.755. The van der Waals surface area contributed by atoms with Crippen LogP contribution in [0.4, 0.5) is 14.5 Å². The number of carbonyl (C=O) groups is 1. The zero-order chi connectivity index (χ0) is 20.7. The number of benzene rings is 2. The molecule has 0 bridgehead atoms. The van der Waals surface area contributed by atoms with Crippen molar-refractivity contribution in [2.45, 2.75) is 19.5 Å². The van der Waals surface area contributed by atoms with Crippen LogP contribution in [-0.2, 0) is 19.5 Å². The molecule has 2 unspecified atom stereocenters. The summed E-state index contributed by atoms with van der Waals surface area (Å²) in [4.78, 5) is 15.0. The van der Waals surface area contributed by atoms with Gasteiger partial charge in [-0.15, -0.1) is 10.2 Å². The molecule has 2 aromatic carbocycles. The third-order valence-electron chi connectivity index (χ3n) is 5.92. The van der Waals surface area contributed by atoms with Crippen LogP contribution in [0.5, 0.6) is 0 Å². The third kappa shape index (κ3) is 3.70. The average molecular weight is 409 g/mol. The standard InChI is InChI=1S/C22H21F2N5O/c23-17-4-1-3-14(7-17)10-28-11-15-8-20-26-27-21(29(20)13-16(15)12-28)22(30)25-19-6-2-5-18(24)9-19/h1-7,9,15-16H,8,10-13H2,(H,25,30). The van der Waals surface area contributed by atoms with Crippen LogP contribution in [0.1, 0.15) is 22.0 Å². The highest BCUT2D eigenvalue weighted by molar-refractivity contribution is 6.01. The second kappa shape index (κ2) is 7.60. The Balaban J connectivity index is 1.28. The van der Waals surface area contributed by atoms with Gasteiger partial charge in [-0.05, 0) is 47.7 Å². The first-order valence-electron chi connectivity index (χ1n) is 10.0. The van der Waals surface area contributed by atoms with Crippen LogP contribution in [0, 0.1) is 23.5 Å². The van der Waals surface area contributed by atoms with E-state index in [0.29, 0.717) is 30.6 Å². The maximum absolute atomic E-state index is 13.5. The molecule has 1 saturated heterocycles. The van der Waals surface area contributed by atoms with Crippen molar-refractivity contribution >= 4 is 11.6 Å². The molecule has 1 aromatic heterocycles. The van der Waals surface area contributed by atoms with Crippen molar-refractivity contribution in [2.24, 2.45) is 11.8 Å². The molecule has 3 heterocycles. The molecule has 3 aromatic rings. The van der Waals surface area contributed by atoms with E-state index in [0.717, 1.165) is 30.9 Å². The average Bonchev–Trinajstić information content (AvgIpc) is 3.28. The largest absolute Gasteiger partial charge is 0.319 e. The van der Waals surface area contributed by atoms with Gasteiger partial charge in [-0.25, -0.2) is 8.78 Å². The third-order valence-corrected chi connectivity index (χ3v) is 5.92. The van der Waals surface area contributed by atoms with Gasteiger partial charge in [0.15, 0.2) is 0 Å². The SMILES string of the molecule is O=C(Nc1cccc(F)c1)c1nnc2n1CC1CN(Cc3cccc(F)c3)CC1C2. The Morgan fingerprint density at radius 2 is 1.77 bits per heavy atom. The molecule has 8 heteroatoms. The number of hydrogen-bond acceptors (Lipinski definition) is 4. The number of anilines is 1. The molecule has 0 saturated carbocycles. The molecule has 154 valence electrons. The summed E-state index contributed by atoms with van der Waals surface area (Å²) in [7, 11) is 0. The van der Waals surface area contributed by atoms with Gasteiger partial charge in [-0.1, -0.05) is 18.2 Å². The van der Waals surface area contributed by atoms with E-state index in [2.05, 4.69) is 20.4 Å². The van der Waals surface area contributed by atoms with E-state index in [-0.39, 0.29) is 11.6 Å². The number of nitrogens with one attached hydrogen (secondary N) is 1. The van der Waals surface area contributed by atoms with Gasteiger partial charge >= 0.3 is 0 Å². The predicted octanol–water partition coefficient (Wildman–Crippen LogP) is 3.11. The number of nitrogens with zero attached hydrogens (tertiary/aromatic N) is 4. The highest BCUT2D eigenvalue weighted by Gasteiger charge is 2.39. The van der Waals surface area contributed by atoms with Crippen LogP contribution < -0.4 is 5.32 Å². The molecule has 0 spiro atoms. The maximum Gasteiger partial charge on any atom is 0.293 e. The van der Waals surface area contributed by atoms with Crippen LogP contribution in [0.15, 0.2) is 48.5 Å². The van der Waals surface area contributed by atoms with E-state index in [9.17, 15) is 13.6 Å². The molecule has 2 aliphatic rings. The minimum atomic E-state index is -0.414. The lowest BCUT2D eigenvalue weighted by atomic mass is 9.89. The van der Waals surface area contributed by atoms with Crippen molar-refractivity contribution in [3.8, 4) is 0 Å². The lowest BCUT2D eigenvalue weighted by molar-refractivity contribution is 0.100. The van der Waals surface area contributed by atoms with Crippen molar-refractivity contribution in [2.75, 3.05) is 18.4 Å². The summed E-state index contributed by atoms with van der Waals surface area (Å²) < 4.78 is 28.7. The van der Waals surface area contributed by atoms with Gasteiger partial charge < -0.3 is 9.88 Å². The number of fused-ring (bicyclic) bond motifs is 2. The molecule has 5 rings (SSSR count). The summed E-state index contributed by atoms with van der Waals surface area (Å²) in [5.41, 5.74) is 1.34. The Hall–Kier alpha value is -3.13. The number of amides is 1. The first-order valence-corrected chi connectivity index (χ1v) is 10.0. The fourth-order valence-electron chi connectivity index (χ4n) is 4.56. The van der Waals surface area contributed by atoms with Gasteiger partial charge in [0.2, 0.25) is 5.82 Å². The summed E-state index contributed by atoms with van der Waals surface area (Å²) in [5.74, 6) is 0.835. The highest BCUT2D eigenvalue weighted by atomic mass is 19.1. The smallest absolute Gasteiger partial charge is 0.293 e. The lowest BCUT2D eigenvalue weighted by Gasteiger charge is -2.25. The quantitative estimate of drug-likeness (QED) is 0.719. The molecule has 6 nitrogen and oxygen atoms in total. The molecular weight excluding hydrogens is 388 g/mol. The Kier molecular flexibility index (Phi) is 4.78. The fraction of sp³-hybridized carbons (Fsp3) is 0.318. The van der Waals surface area contributed by atoms with Gasteiger partial charge in [-0.3, -0.25) is 9.69 Å². The van der Waals surface area contributed by atoms with Gasteiger partial charge in [0, 0.05) is 38.3 Å². The van der Waals surface area contributed by atoms with E-state index < -0.39 is 11.7 Å². The van der Waals surface area contributed by atoms with Gasteiger partial charge in [0.25, 0.3) is 5.91 Å². The summed E-state index contributed by atoms with van der Waals surface area (Å²) in [5, 5.41) is 11.0. The molecular formula is C22H21F2N5O. The molecule has 1 amide bonds. The second-order valence-corrected chi connectivity index (χ2v) is 8.06.